The van der Waals surface area contributed by atoms with Crippen molar-refractivity contribution in [1.29, 1.82) is 0 Å². The molecule has 3 aromatic carbocycles. The van der Waals surface area contributed by atoms with E-state index < -0.39 is 37.8 Å². The molecule has 0 saturated heterocycles. The molecule has 0 amide bonds. The summed E-state index contributed by atoms with van der Waals surface area (Å²) in [4.78, 5) is 28.5. The Labute approximate surface area is 295 Å². The van der Waals surface area contributed by atoms with E-state index in [-0.39, 0.29) is 71.0 Å². The van der Waals surface area contributed by atoms with Gasteiger partial charge in [0.15, 0.2) is 0 Å². The molecule has 6 nitrogen and oxygen atoms in total. The Hall–Kier alpha value is -2.08. The van der Waals surface area contributed by atoms with E-state index in [1.165, 1.54) is 12.1 Å². The number of carbonyl (C=O) groups excluding carboxylic acids is 1. The molecule has 0 saturated carbocycles. The maximum atomic E-state index is 13.9. The first kappa shape index (κ1) is 37.1. The van der Waals surface area contributed by atoms with Crippen LogP contribution in [-0.4, -0.2) is 28.3 Å². The molecule has 1 unspecified atom stereocenters. The van der Waals surface area contributed by atoms with Crippen molar-refractivity contribution in [3.8, 4) is 22.7 Å². The first-order valence-corrected chi connectivity index (χ1v) is 15.0. The van der Waals surface area contributed by atoms with E-state index in [4.69, 9.17) is 4.98 Å². The summed E-state index contributed by atoms with van der Waals surface area (Å²) in [6.07, 6.45) is -3.29. The van der Waals surface area contributed by atoms with Crippen molar-refractivity contribution in [1.82, 2.24) is 4.98 Å². The third kappa shape index (κ3) is 10.2. The fourth-order valence-electron chi connectivity index (χ4n) is 4.69. The Kier molecular flexibility index (Phi) is 14.5. The zero-order valence-corrected chi connectivity index (χ0v) is 29.6. The van der Waals surface area contributed by atoms with E-state index in [0.29, 0.717) is 28.1 Å². The second-order valence-corrected chi connectivity index (χ2v) is 12.0. The maximum absolute atomic E-state index is 13.9. The van der Waals surface area contributed by atoms with Gasteiger partial charge < -0.3 is 24.5 Å². The summed E-state index contributed by atoms with van der Waals surface area (Å²) >= 11 is 0. The Morgan fingerprint density at radius 1 is 0.953 bits per heavy atom. The molecule has 2 atom stereocenters. The quantitative estimate of drug-likeness (QED) is 0.142. The molecule has 0 fully saturated rings. The first-order chi connectivity index (χ1) is 19.5. The number of pyridine rings is 1. The van der Waals surface area contributed by atoms with Gasteiger partial charge in [-0.25, -0.2) is 4.39 Å². The van der Waals surface area contributed by atoms with Gasteiger partial charge in [-0.2, -0.15) is 0 Å². The molecule has 1 N–H and O–H groups in total. The number of benzene rings is 3. The Morgan fingerprint density at radius 2 is 1.49 bits per heavy atom. The van der Waals surface area contributed by atoms with Crippen molar-refractivity contribution in [3.63, 3.8) is 0 Å². The molecule has 0 aliphatic heterocycles. The molecule has 4 aromatic rings. The van der Waals surface area contributed by atoms with Gasteiger partial charge in [-0.1, -0.05) is 92.6 Å². The number of aliphatic carboxylic acids is 1. The number of halogens is 1. The summed E-state index contributed by atoms with van der Waals surface area (Å²) in [6, 6.07) is 27.5. The molecule has 0 bridgehead atoms. The molecule has 1 heterocycles. The van der Waals surface area contributed by atoms with Crippen LogP contribution in [0.1, 0.15) is 60.2 Å². The minimum absolute atomic E-state index is 0. The number of aliphatic hydroxyl groups is 1. The second kappa shape index (κ2) is 16.8. The van der Waals surface area contributed by atoms with Gasteiger partial charge in [-0.3, -0.25) is 4.98 Å². The number of carboxylic acids is 1. The number of hydrogen-bond donors (Lipinski definition) is 1. The molecule has 4 rings (SSSR count). The van der Waals surface area contributed by atoms with Gasteiger partial charge in [0.2, 0.25) is 0 Å². The Balaban J connectivity index is 0.00000323. The van der Waals surface area contributed by atoms with Gasteiger partial charge in [0.25, 0.3) is 0 Å². The smallest absolute Gasteiger partial charge is 0.790 e. The van der Waals surface area contributed by atoms with Crippen LogP contribution in [0.15, 0.2) is 91.0 Å². The number of aromatic nitrogens is 1. The molecule has 1 aromatic heterocycles. The van der Waals surface area contributed by atoms with Crippen molar-refractivity contribution in [2.45, 2.75) is 38.2 Å². The van der Waals surface area contributed by atoms with Gasteiger partial charge >= 0.3 is 59.1 Å². The number of nitrogens with zero attached hydrogens (tertiary/aromatic N) is 1. The van der Waals surface area contributed by atoms with E-state index in [9.17, 15) is 28.9 Å². The summed E-state index contributed by atoms with van der Waals surface area (Å²) in [5.41, 5.74) is 7.13. The number of hydrogen-bond acceptors (Lipinski definition) is 6. The van der Waals surface area contributed by atoms with Crippen LogP contribution < -0.4 is 69.1 Å². The van der Waals surface area contributed by atoms with E-state index in [1.54, 1.807) is 12.1 Å². The standard InChI is InChI=1S/C33H31FNO5P.2Na/c1-22(2)33-28(17-18-41(39,40)21-27(36)19-31(37)38)29(23-13-15-26(34)16-14-23)20-30(35-33)32(24-9-5-3-6-10-24)25-11-7-4-8-12-25;;/h3-16,20,22,27,32,36H,19,21H2,1-2H3,(H,37,38)(H,39,40);;/q;2*+1/p-2/t27-;;/m1../s1. The van der Waals surface area contributed by atoms with Gasteiger partial charge in [-0.15, -0.1) is 0 Å². The topological polar surface area (TPSA) is 113 Å². The largest absolute Gasteiger partial charge is 1.00 e. The first-order valence-electron chi connectivity index (χ1n) is 13.2. The van der Waals surface area contributed by atoms with Crippen molar-refractivity contribution >= 4 is 13.3 Å². The van der Waals surface area contributed by atoms with Crippen LogP contribution in [0.25, 0.3) is 11.1 Å². The molecule has 10 heteroatoms. The minimum Gasteiger partial charge on any atom is -0.790 e. The molecular formula is C33H29FNNa2O5P. The van der Waals surface area contributed by atoms with E-state index in [1.807, 2.05) is 80.6 Å². The molecule has 0 aliphatic rings. The van der Waals surface area contributed by atoms with Crippen LogP contribution in [-0.2, 0) is 9.36 Å². The van der Waals surface area contributed by atoms with Crippen molar-refractivity contribution in [2.75, 3.05) is 6.16 Å². The predicted molar refractivity (Wildman–Crippen MR) is 153 cm³/mol. The van der Waals surface area contributed by atoms with Gasteiger partial charge in [-0.05, 0) is 46.5 Å². The number of aliphatic hydroxyl groups excluding tert-OH is 1. The fraction of sp³-hybridized carbons (Fsp3) is 0.212. The van der Waals surface area contributed by atoms with Crippen molar-refractivity contribution in [3.05, 3.63) is 125 Å². The zero-order chi connectivity index (χ0) is 29.6. The summed E-state index contributed by atoms with van der Waals surface area (Å²) in [7, 11) is -4.51. The average Bonchev–Trinajstić information content (AvgIpc) is 2.93. The molecule has 0 radical (unpaired) electrons. The summed E-state index contributed by atoms with van der Waals surface area (Å²) in [5.74, 6) is 0.373. The fourth-order valence-corrected chi connectivity index (χ4v) is 5.74. The number of carboxylic acid groups (broad SMARTS) is 1. The third-order valence-corrected chi connectivity index (χ3v) is 7.89. The zero-order valence-electron chi connectivity index (χ0n) is 24.7. The van der Waals surface area contributed by atoms with Crippen LogP contribution in [0.3, 0.4) is 0 Å². The second-order valence-electron chi connectivity index (χ2n) is 10.1. The van der Waals surface area contributed by atoms with Crippen LogP contribution in [0.4, 0.5) is 4.39 Å². The molecular weight excluding hydrogens is 586 g/mol. The Morgan fingerprint density at radius 3 is 1.98 bits per heavy atom. The molecule has 43 heavy (non-hydrogen) atoms. The van der Waals surface area contributed by atoms with E-state index >= 15 is 0 Å². The average molecular weight is 616 g/mol. The molecule has 210 valence electrons. The van der Waals surface area contributed by atoms with Crippen LogP contribution >= 0.6 is 7.37 Å². The third-order valence-electron chi connectivity index (χ3n) is 6.54. The van der Waals surface area contributed by atoms with E-state index in [0.717, 1.165) is 11.1 Å². The van der Waals surface area contributed by atoms with Gasteiger partial charge in [0, 0.05) is 24.1 Å². The van der Waals surface area contributed by atoms with Crippen LogP contribution in [0.2, 0.25) is 0 Å². The van der Waals surface area contributed by atoms with E-state index in [2.05, 4.69) is 11.6 Å². The Bertz CT molecular complexity index is 1590. The van der Waals surface area contributed by atoms with Crippen LogP contribution in [0.5, 0.6) is 0 Å². The monoisotopic (exact) mass is 615 g/mol. The normalized spacial score (nSPS) is 12.7. The molecule has 0 aliphatic carbocycles. The predicted octanol–water partition coefficient (Wildman–Crippen LogP) is -1.35. The summed E-state index contributed by atoms with van der Waals surface area (Å²) < 4.78 is 26.6. The van der Waals surface area contributed by atoms with Crippen molar-refractivity contribution < 1.29 is 88.0 Å². The van der Waals surface area contributed by atoms with Crippen LogP contribution in [0, 0.1) is 17.4 Å². The van der Waals surface area contributed by atoms with Crippen molar-refractivity contribution in [2.24, 2.45) is 0 Å². The van der Waals surface area contributed by atoms with Gasteiger partial charge in [0.05, 0.1) is 36.3 Å². The number of carbonyl (C=O) groups is 1. The summed E-state index contributed by atoms with van der Waals surface area (Å²) in [5, 5.41) is 20.6. The molecule has 0 spiro atoms. The van der Waals surface area contributed by atoms with Gasteiger partial charge in [0.1, 0.15) is 5.82 Å². The minimum atomic E-state index is -4.51. The summed E-state index contributed by atoms with van der Waals surface area (Å²) in [6.45, 7) is 3.85. The number of rotatable bonds is 9. The SMILES string of the molecule is CC(C)c1nc(C(c2ccccc2)c2ccccc2)cc(-c2ccc(F)cc2)c1C#CP(=O)([O-])C[C@H](O)CC(=O)[O-].[Na+].[Na+]. The maximum Gasteiger partial charge on any atom is 1.00 e.